The van der Waals surface area contributed by atoms with Crippen molar-refractivity contribution >= 4 is 58.4 Å². The number of nitrogens with zero attached hydrogens (tertiary/aromatic N) is 2. The Bertz CT molecular complexity index is 982. The molecule has 31 heavy (non-hydrogen) atoms. The minimum Gasteiger partial charge on any atom is -0.361 e. The Morgan fingerprint density at radius 3 is 2.65 bits per heavy atom. The second kappa shape index (κ2) is 10.9. The number of amides is 3. The van der Waals surface area contributed by atoms with Crippen molar-refractivity contribution in [2.24, 2.45) is 0 Å². The fraction of sp³-hybridized carbons (Fsp3) is 0.333. The lowest BCUT2D eigenvalue weighted by Crippen LogP contribution is -2.37. The third kappa shape index (κ3) is 6.18. The van der Waals surface area contributed by atoms with Crippen LogP contribution in [0.3, 0.4) is 0 Å². The summed E-state index contributed by atoms with van der Waals surface area (Å²) in [4.78, 5) is 39.5. The molecule has 0 bridgehead atoms. The molecule has 3 amide bonds. The Morgan fingerprint density at radius 1 is 1.26 bits per heavy atom. The number of benzene rings is 1. The lowest BCUT2D eigenvalue weighted by Gasteiger charge is -2.13. The molecule has 0 saturated carbocycles. The maximum absolute atomic E-state index is 12.6. The molecule has 0 atom stereocenters. The largest absolute Gasteiger partial charge is 0.361 e. The van der Waals surface area contributed by atoms with Crippen molar-refractivity contribution in [1.29, 1.82) is 0 Å². The van der Waals surface area contributed by atoms with Gasteiger partial charge in [-0.3, -0.25) is 19.3 Å². The van der Waals surface area contributed by atoms with Gasteiger partial charge in [0, 0.05) is 29.3 Å². The molecular weight excluding hydrogens is 454 g/mol. The minimum atomic E-state index is -0.328. The number of carbonyl (C=O) groups is 3. The number of imide groups is 1. The van der Waals surface area contributed by atoms with Gasteiger partial charge in [0.15, 0.2) is 0 Å². The summed E-state index contributed by atoms with van der Waals surface area (Å²) in [7, 11) is 0. The van der Waals surface area contributed by atoms with Crippen LogP contribution >= 0.6 is 35.3 Å². The number of hydrogen-bond acceptors (Lipinski definition) is 8. The molecule has 1 aliphatic heterocycles. The molecule has 1 fully saturated rings. The van der Waals surface area contributed by atoms with Crippen molar-refractivity contribution < 1.29 is 18.9 Å². The highest BCUT2D eigenvalue weighted by Gasteiger charge is 2.34. The van der Waals surface area contributed by atoms with E-state index in [1.165, 1.54) is 16.7 Å². The van der Waals surface area contributed by atoms with E-state index >= 15 is 0 Å². The summed E-state index contributed by atoms with van der Waals surface area (Å²) in [6, 6.07) is 7.78. The Balaban J connectivity index is 1.44. The zero-order valence-corrected chi connectivity index (χ0v) is 19.9. The molecule has 10 heteroatoms. The summed E-state index contributed by atoms with van der Waals surface area (Å²) in [5.74, 6) is 1.20. The third-order valence-electron chi connectivity index (χ3n) is 4.61. The van der Waals surface area contributed by atoms with E-state index in [0.29, 0.717) is 10.7 Å². The molecule has 1 aromatic carbocycles. The van der Waals surface area contributed by atoms with Crippen LogP contribution in [0, 0.1) is 13.8 Å². The first-order chi connectivity index (χ1) is 14.9. The fourth-order valence-corrected chi connectivity index (χ4v) is 5.14. The Kier molecular flexibility index (Phi) is 8.28. The van der Waals surface area contributed by atoms with Crippen molar-refractivity contribution in [2.45, 2.75) is 24.5 Å². The molecule has 2 heterocycles. The van der Waals surface area contributed by atoms with E-state index in [1.807, 2.05) is 44.4 Å². The number of aryl methyl sites for hydroxylation is 2. The maximum atomic E-state index is 12.6. The molecule has 1 N–H and O–H groups in total. The molecule has 7 nitrogen and oxygen atoms in total. The van der Waals surface area contributed by atoms with Gasteiger partial charge >= 0.3 is 0 Å². The van der Waals surface area contributed by atoms with Gasteiger partial charge in [0.2, 0.25) is 5.91 Å². The fourth-order valence-electron chi connectivity index (χ4n) is 2.86. The number of rotatable bonds is 9. The minimum absolute atomic E-state index is 0.145. The van der Waals surface area contributed by atoms with Gasteiger partial charge in [-0.1, -0.05) is 17.3 Å². The molecule has 0 spiro atoms. The topological polar surface area (TPSA) is 92.5 Å². The number of aromatic nitrogens is 1. The van der Waals surface area contributed by atoms with Gasteiger partial charge in [-0.15, -0.1) is 23.5 Å². The Labute approximate surface area is 193 Å². The third-order valence-corrected chi connectivity index (χ3v) is 7.22. The van der Waals surface area contributed by atoms with Gasteiger partial charge in [-0.25, -0.2) is 0 Å². The van der Waals surface area contributed by atoms with Gasteiger partial charge in [0.05, 0.1) is 16.4 Å². The standard InChI is InChI=1S/C21H23N3O4S3/c1-13-17(14(2)28-23-13)11-30-12-19(25)22-8-9-24-20(26)18(31-21(24)27)10-15-4-6-16(29-3)7-5-15/h4-7,10H,8-9,11-12H2,1-3H3,(H,22,25)/b18-10-. The van der Waals surface area contributed by atoms with Crippen LogP contribution in [0.5, 0.6) is 0 Å². The van der Waals surface area contributed by atoms with E-state index < -0.39 is 0 Å². The van der Waals surface area contributed by atoms with Crippen LogP contribution in [0.15, 0.2) is 38.6 Å². The molecule has 0 unspecified atom stereocenters. The lowest BCUT2D eigenvalue weighted by atomic mass is 10.2. The van der Waals surface area contributed by atoms with Gasteiger partial charge < -0.3 is 9.84 Å². The quantitative estimate of drug-likeness (QED) is 0.426. The van der Waals surface area contributed by atoms with E-state index in [0.717, 1.165) is 39.2 Å². The van der Waals surface area contributed by atoms with Gasteiger partial charge in [0.25, 0.3) is 11.1 Å². The van der Waals surface area contributed by atoms with Gasteiger partial charge in [0.1, 0.15) is 5.76 Å². The van der Waals surface area contributed by atoms with Gasteiger partial charge in [-0.2, -0.15) is 0 Å². The summed E-state index contributed by atoms with van der Waals surface area (Å²) in [6.07, 6.45) is 3.72. The lowest BCUT2D eigenvalue weighted by molar-refractivity contribution is -0.123. The van der Waals surface area contributed by atoms with Crippen LogP contribution in [0.1, 0.15) is 22.6 Å². The highest BCUT2D eigenvalue weighted by Crippen LogP contribution is 2.32. The van der Waals surface area contributed by atoms with Crippen LogP contribution in [-0.4, -0.2) is 52.2 Å². The molecule has 3 rings (SSSR count). The number of hydrogen-bond donors (Lipinski definition) is 1. The van der Waals surface area contributed by atoms with Crippen LogP contribution in [0.25, 0.3) is 6.08 Å². The van der Waals surface area contributed by atoms with E-state index in [2.05, 4.69) is 10.5 Å². The summed E-state index contributed by atoms with van der Waals surface area (Å²) in [6.45, 7) is 4.09. The highest BCUT2D eigenvalue weighted by atomic mass is 32.2. The van der Waals surface area contributed by atoms with Crippen molar-refractivity contribution in [3.05, 3.63) is 51.8 Å². The van der Waals surface area contributed by atoms with Crippen molar-refractivity contribution in [1.82, 2.24) is 15.4 Å². The zero-order valence-electron chi connectivity index (χ0n) is 17.5. The van der Waals surface area contributed by atoms with Crippen molar-refractivity contribution in [3.8, 4) is 0 Å². The zero-order chi connectivity index (χ0) is 22.4. The molecule has 164 valence electrons. The van der Waals surface area contributed by atoms with Crippen LogP contribution in [0.2, 0.25) is 0 Å². The molecule has 0 radical (unpaired) electrons. The second-order valence-corrected chi connectivity index (χ2v) is 9.61. The van der Waals surface area contributed by atoms with Crippen LogP contribution in [-0.2, 0) is 15.3 Å². The average molecular weight is 478 g/mol. The Hall–Kier alpha value is -2.17. The predicted octanol–water partition coefficient (Wildman–Crippen LogP) is 4.10. The monoisotopic (exact) mass is 477 g/mol. The second-order valence-electron chi connectivity index (χ2n) is 6.75. The van der Waals surface area contributed by atoms with E-state index in [1.54, 1.807) is 17.8 Å². The number of nitrogens with one attached hydrogen (secondary N) is 1. The molecule has 1 saturated heterocycles. The molecular formula is C21H23N3O4S3. The summed E-state index contributed by atoms with van der Waals surface area (Å²) in [5.41, 5.74) is 2.70. The first kappa shape index (κ1) is 23.5. The average Bonchev–Trinajstić information content (AvgIpc) is 3.21. The smallest absolute Gasteiger partial charge is 0.293 e. The van der Waals surface area contributed by atoms with Crippen LogP contribution < -0.4 is 5.32 Å². The summed E-state index contributed by atoms with van der Waals surface area (Å²) in [5, 5.41) is 6.34. The number of carbonyl (C=O) groups excluding carboxylic acids is 3. The molecule has 1 aliphatic rings. The first-order valence-electron chi connectivity index (χ1n) is 9.54. The molecule has 1 aromatic heterocycles. The van der Waals surface area contributed by atoms with Crippen LogP contribution in [0.4, 0.5) is 4.79 Å². The van der Waals surface area contributed by atoms with Crippen molar-refractivity contribution in [3.63, 3.8) is 0 Å². The van der Waals surface area contributed by atoms with E-state index in [4.69, 9.17) is 4.52 Å². The summed E-state index contributed by atoms with van der Waals surface area (Å²) >= 11 is 4.02. The maximum Gasteiger partial charge on any atom is 0.293 e. The Morgan fingerprint density at radius 2 is 2.00 bits per heavy atom. The van der Waals surface area contributed by atoms with E-state index in [-0.39, 0.29) is 35.9 Å². The van der Waals surface area contributed by atoms with Crippen molar-refractivity contribution in [2.75, 3.05) is 25.1 Å². The highest BCUT2D eigenvalue weighted by molar-refractivity contribution is 8.18. The van der Waals surface area contributed by atoms with Gasteiger partial charge in [-0.05, 0) is 55.6 Å². The first-order valence-corrected chi connectivity index (χ1v) is 12.7. The number of thioether (sulfide) groups is 3. The molecule has 0 aliphatic carbocycles. The SMILES string of the molecule is CSc1ccc(/C=C2\SC(=O)N(CCNC(=O)CSCc3c(C)noc3C)C2=O)cc1. The normalized spacial score (nSPS) is 15.2. The molecule has 2 aromatic rings. The summed E-state index contributed by atoms with van der Waals surface area (Å²) < 4.78 is 5.11. The predicted molar refractivity (Wildman–Crippen MR) is 126 cm³/mol. The van der Waals surface area contributed by atoms with E-state index in [9.17, 15) is 14.4 Å².